The molecule has 0 aliphatic heterocycles. The third-order valence-electron chi connectivity index (χ3n) is 2.58. The number of nitrogens with zero attached hydrogens (tertiary/aromatic N) is 2. The molecule has 1 aromatic heterocycles. The van der Waals surface area contributed by atoms with Gasteiger partial charge in [-0.3, -0.25) is 0 Å². The van der Waals surface area contributed by atoms with E-state index in [0.29, 0.717) is 15.6 Å². The maximum absolute atomic E-state index is 8.70. The molecule has 0 aliphatic carbocycles. The number of nitrogens with one attached hydrogen (secondary N) is 1. The number of fused-ring (bicyclic) bond motifs is 1. The molecule has 7 heteroatoms. The van der Waals surface area contributed by atoms with Crippen LogP contribution in [0.2, 0.25) is 10.0 Å². The molecule has 2 aromatic rings. The number of anilines is 1. The van der Waals surface area contributed by atoms with E-state index < -0.39 is 0 Å². The number of rotatable bonds is 6. The summed E-state index contributed by atoms with van der Waals surface area (Å²) in [5.41, 5.74) is 2.19. The highest BCUT2D eigenvalue weighted by Crippen LogP contribution is 2.35. The SMILES string of the molecule is OCCCCCNc1c(Cl)cc(Cl)c2nsnc12. The summed E-state index contributed by atoms with van der Waals surface area (Å²) in [7, 11) is 0. The summed E-state index contributed by atoms with van der Waals surface area (Å²) >= 11 is 13.3. The van der Waals surface area contributed by atoms with E-state index in [4.69, 9.17) is 28.3 Å². The molecule has 0 saturated heterocycles. The van der Waals surface area contributed by atoms with Crippen LogP contribution in [0.4, 0.5) is 5.69 Å². The van der Waals surface area contributed by atoms with Gasteiger partial charge in [0, 0.05) is 13.2 Å². The minimum atomic E-state index is 0.238. The van der Waals surface area contributed by atoms with E-state index in [9.17, 15) is 0 Å². The lowest BCUT2D eigenvalue weighted by molar-refractivity contribution is 0.283. The molecule has 0 bridgehead atoms. The number of unbranched alkanes of at least 4 members (excludes halogenated alkanes) is 2. The van der Waals surface area contributed by atoms with Crippen molar-refractivity contribution >= 4 is 51.7 Å². The zero-order chi connectivity index (χ0) is 13.0. The largest absolute Gasteiger partial charge is 0.396 e. The van der Waals surface area contributed by atoms with Crippen molar-refractivity contribution in [3.8, 4) is 0 Å². The normalized spacial score (nSPS) is 11.1. The Kier molecular flexibility index (Phi) is 5.00. The fourth-order valence-corrected chi connectivity index (χ4v) is 2.85. The van der Waals surface area contributed by atoms with Crippen molar-refractivity contribution in [2.75, 3.05) is 18.5 Å². The van der Waals surface area contributed by atoms with Crippen molar-refractivity contribution in [3.63, 3.8) is 0 Å². The molecule has 0 radical (unpaired) electrons. The standard InChI is InChI=1S/C11H13Cl2N3OS/c12-7-6-8(13)10-11(16-18-15-10)9(7)14-4-2-1-3-5-17/h6,14,17H,1-5H2. The molecular formula is C11H13Cl2N3OS. The lowest BCUT2D eigenvalue weighted by Gasteiger charge is -2.09. The maximum Gasteiger partial charge on any atom is 0.130 e. The van der Waals surface area contributed by atoms with Gasteiger partial charge in [0.2, 0.25) is 0 Å². The summed E-state index contributed by atoms with van der Waals surface area (Å²) < 4.78 is 8.36. The molecule has 0 saturated carbocycles. The van der Waals surface area contributed by atoms with Crippen molar-refractivity contribution in [1.29, 1.82) is 0 Å². The van der Waals surface area contributed by atoms with E-state index in [1.165, 1.54) is 0 Å². The molecule has 98 valence electrons. The van der Waals surface area contributed by atoms with Crippen LogP contribution < -0.4 is 5.32 Å². The number of benzene rings is 1. The monoisotopic (exact) mass is 305 g/mol. The first-order valence-corrected chi connectivity index (χ1v) is 7.17. The van der Waals surface area contributed by atoms with Crippen LogP contribution in [0.1, 0.15) is 19.3 Å². The molecule has 4 nitrogen and oxygen atoms in total. The Morgan fingerprint density at radius 1 is 1.11 bits per heavy atom. The summed E-state index contributed by atoms with van der Waals surface area (Å²) in [6.45, 7) is 1.02. The van der Waals surface area contributed by atoms with E-state index in [2.05, 4.69) is 14.1 Å². The summed E-state index contributed by atoms with van der Waals surface area (Å²) in [6.07, 6.45) is 2.77. The number of hydrogen-bond acceptors (Lipinski definition) is 5. The van der Waals surface area contributed by atoms with Crippen LogP contribution in [0.15, 0.2) is 6.07 Å². The highest BCUT2D eigenvalue weighted by molar-refractivity contribution is 7.00. The van der Waals surface area contributed by atoms with Gasteiger partial charge in [-0.15, -0.1) is 0 Å². The molecule has 1 aromatic carbocycles. The molecule has 0 amide bonds. The second-order valence-electron chi connectivity index (χ2n) is 3.89. The van der Waals surface area contributed by atoms with Gasteiger partial charge in [-0.25, -0.2) is 0 Å². The number of halogens is 2. The van der Waals surface area contributed by atoms with E-state index >= 15 is 0 Å². The van der Waals surface area contributed by atoms with E-state index in [0.717, 1.165) is 48.7 Å². The Bertz CT molecular complexity index is 532. The van der Waals surface area contributed by atoms with E-state index in [-0.39, 0.29) is 6.61 Å². The summed E-state index contributed by atoms with van der Waals surface area (Å²) in [5.74, 6) is 0. The van der Waals surface area contributed by atoms with Crippen LogP contribution in [0.3, 0.4) is 0 Å². The van der Waals surface area contributed by atoms with Crippen LogP contribution in [0.25, 0.3) is 11.0 Å². The van der Waals surface area contributed by atoms with Gasteiger partial charge in [0.1, 0.15) is 11.0 Å². The third-order valence-corrected chi connectivity index (χ3v) is 3.70. The molecule has 0 atom stereocenters. The molecule has 0 aliphatic rings. The van der Waals surface area contributed by atoms with E-state index in [1.807, 2.05) is 0 Å². The van der Waals surface area contributed by atoms with Crippen LogP contribution in [0.5, 0.6) is 0 Å². The number of aliphatic hydroxyl groups is 1. The van der Waals surface area contributed by atoms with Crippen LogP contribution in [-0.2, 0) is 0 Å². The van der Waals surface area contributed by atoms with Gasteiger partial charge >= 0.3 is 0 Å². The van der Waals surface area contributed by atoms with Crippen LogP contribution in [0, 0.1) is 0 Å². The van der Waals surface area contributed by atoms with Gasteiger partial charge in [-0.1, -0.05) is 23.2 Å². The average molecular weight is 306 g/mol. The molecule has 2 rings (SSSR count). The van der Waals surface area contributed by atoms with Crippen molar-refractivity contribution in [2.45, 2.75) is 19.3 Å². The first kappa shape index (κ1) is 13.8. The Labute approximate surface area is 119 Å². The first-order valence-electron chi connectivity index (χ1n) is 5.69. The van der Waals surface area contributed by atoms with Crippen molar-refractivity contribution in [1.82, 2.24) is 8.75 Å². The molecule has 1 heterocycles. The highest BCUT2D eigenvalue weighted by atomic mass is 35.5. The lowest BCUT2D eigenvalue weighted by atomic mass is 10.2. The Morgan fingerprint density at radius 3 is 2.67 bits per heavy atom. The van der Waals surface area contributed by atoms with Crippen molar-refractivity contribution in [3.05, 3.63) is 16.1 Å². The molecule has 0 spiro atoms. The number of aliphatic hydroxyl groups excluding tert-OH is 1. The summed E-state index contributed by atoms with van der Waals surface area (Å²) in [4.78, 5) is 0. The van der Waals surface area contributed by atoms with Gasteiger partial charge in [-0.2, -0.15) is 8.75 Å². The summed E-state index contributed by atoms with van der Waals surface area (Å²) in [5, 5.41) is 13.0. The molecule has 18 heavy (non-hydrogen) atoms. The van der Waals surface area contributed by atoms with Gasteiger partial charge in [-0.05, 0) is 25.3 Å². The number of hydrogen-bond donors (Lipinski definition) is 2. The van der Waals surface area contributed by atoms with Gasteiger partial charge in [0.25, 0.3) is 0 Å². The predicted octanol–water partition coefficient (Wildman–Crippen LogP) is 3.57. The fraction of sp³-hybridized carbons (Fsp3) is 0.455. The van der Waals surface area contributed by atoms with Crippen LogP contribution in [-0.4, -0.2) is 27.0 Å². The zero-order valence-corrected chi connectivity index (χ0v) is 11.9. The van der Waals surface area contributed by atoms with Crippen molar-refractivity contribution < 1.29 is 5.11 Å². The smallest absolute Gasteiger partial charge is 0.130 e. The minimum Gasteiger partial charge on any atom is -0.396 e. The fourth-order valence-electron chi connectivity index (χ4n) is 1.67. The maximum atomic E-state index is 8.70. The van der Waals surface area contributed by atoms with Gasteiger partial charge in [0.05, 0.1) is 27.5 Å². The first-order chi connectivity index (χ1) is 8.74. The minimum absolute atomic E-state index is 0.238. The third kappa shape index (κ3) is 3.03. The second-order valence-corrected chi connectivity index (χ2v) is 5.23. The average Bonchev–Trinajstić information content (AvgIpc) is 2.82. The van der Waals surface area contributed by atoms with Gasteiger partial charge in [0.15, 0.2) is 0 Å². The quantitative estimate of drug-likeness (QED) is 0.801. The second kappa shape index (κ2) is 6.52. The zero-order valence-electron chi connectivity index (χ0n) is 9.62. The predicted molar refractivity (Wildman–Crippen MR) is 76.9 cm³/mol. The van der Waals surface area contributed by atoms with Gasteiger partial charge < -0.3 is 10.4 Å². The lowest BCUT2D eigenvalue weighted by Crippen LogP contribution is -2.03. The molecule has 0 unspecified atom stereocenters. The Morgan fingerprint density at radius 2 is 1.89 bits per heavy atom. The molecule has 2 N–H and O–H groups in total. The van der Waals surface area contributed by atoms with Crippen molar-refractivity contribution in [2.24, 2.45) is 0 Å². The van der Waals surface area contributed by atoms with Crippen LogP contribution >= 0.6 is 34.9 Å². The highest BCUT2D eigenvalue weighted by Gasteiger charge is 2.13. The molecule has 0 fully saturated rings. The topological polar surface area (TPSA) is 58.0 Å². The number of aromatic nitrogens is 2. The molecular weight excluding hydrogens is 293 g/mol. The van der Waals surface area contributed by atoms with E-state index in [1.54, 1.807) is 6.07 Å². The summed E-state index contributed by atoms with van der Waals surface area (Å²) in [6, 6.07) is 1.68. The Hall–Kier alpha value is -0.620. The Balaban J connectivity index is 2.10.